The molecule has 0 spiro atoms. The number of aryl methyl sites for hydroxylation is 3. The van der Waals surface area contributed by atoms with E-state index in [0.29, 0.717) is 5.75 Å². The second kappa shape index (κ2) is 7.84. The van der Waals surface area contributed by atoms with Crippen LogP contribution in [0.5, 0.6) is 5.75 Å². The topological polar surface area (TPSA) is 38.3 Å². The highest BCUT2D eigenvalue weighted by atomic mass is 79.9. The normalized spacial score (nSPS) is 13.2. The lowest BCUT2D eigenvalue weighted by atomic mass is 9.96. The Morgan fingerprint density at radius 3 is 2.21 bits per heavy atom. The lowest BCUT2D eigenvalue weighted by Crippen LogP contribution is -2.38. The maximum Gasteiger partial charge on any atom is 0.261 e. The molecule has 0 saturated carbocycles. The van der Waals surface area contributed by atoms with Crippen molar-refractivity contribution in [1.29, 1.82) is 0 Å². The number of hydrogen-bond donors (Lipinski definition) is 1. The standard InChI is InChI=1S/C20H24BrNO2/c1-12-10-14(3)19(11-13(12)2)15(4)22-20(23)16(5)24-18-8-6-17(21)7-9-18/h6-11,15-16H,1-5H3,(H,22,23)/t15-,16+/m0/s1. The van der Waals surface area contributed by atoms with Gasteiger partial charge in [-0.25, -0.2) is 0 Å². The van der Waals surface area contributed by atoms with E-state index < -0.39 is 6.10 Å². The van der Waals surface area contributed by atoms with Crippen LogP contribution >= 0.6 is 15.9 Å². The average Bonchev–Trinajstić information content (AvgIpc) is 2.52. The number of carbonyl (C=O) groups is 1. The van der Waals surface area contributed by atoms with Gasteiger partial charge >= 0.3 is 0 Å². The molecule has 0 unspecified atom stereocenters. The number of benzene rings is 2. The summed E-state index contributed by atoms with van der Waals surface area (Å²) in [6.07, 6.45) is -0.555. The van der Waals surface area contributed by atoms with Gasteiger partial charge in [0.1, 0.15) is 5.75 Å². The van der Waals surface area contributed by atoms with Gasteiger partial charge in [0.2, 0.25) is 0 Å². The Labute approximate surface area is 152 Å². The van der Waals surface area contributed by atoms with Crippen LogP contribution in [0.3, 0.4) is 0 Å². The first-order valence-electron chi connectivity index (χ1n) is 8.08. The van der Waals surface area contributed by atoms with E-state index in [0.717, 1.165) is 10.0 Å². The van der Waals surface area contributed by atoms with Crippen LogP contribution in [0.25, 0.3) is 0 Å². The molecule has 4 heteroatoms. The van der Waals surface area contributed by atoms with Gasteiger partial charge in [0, 0.05) is 4.47 Å². The van der Waals surface area contributed by atoms with Gasteiger partial charge in [0.05, 0.1) is 6.04 Å². The van der Waals surface area contributed by atoms with Gasteiger partial charge in [-0.15, -0.1) is 0 Å². The van der Waals surface area contributed by atoms with Crippen LogP contribution in [0.15, 0.2) is 40.9 Å². The second-order valence-corrected chi connectivity index (χ2v) is 7.15. The summed E-state index contributed by atoms with van der Waals surface area (Å²) >= 11 is 3.38. The molecule has 0 heterocycles. The van der Waals surface area contributed by atoms with Crippen molar-refractivity contribution in [1.82, 2.24) is 5.32 Å². The molecule has 24 heavy (non-hydrogen) atoms. The molecule has 1 amide bonds. The number of hydrogen-bond acceptors (Lipinski definition) is 2. The molecule has 2 atom stereocenters. The lowest BCUT2D eigenvalue weighted by Gasteiger charge is -2.21. The molecule has 1 N–H and O–H groups in total. The van der Waals surface area contributed by atoms with E-state index in [1.165, 1.54) is 16.7 Å². The van der Waals surface area contributed by atoms with Gasteiger partial charge in [0.25, 0.3) is 5.91 Å². The smallest absolute Gasteiger partial charge is 0.261 e. The highest BCUT2D eigenvalue weighted by Gasteiger charge is 2.19. The summed E-state index contributed by atoms with van der Waals surface area (Å²) in [5.74, 6) is 0.555. The molecular formula is C20H24BrNO2. The van der Waals surface area contributed by atoms with Crippen molar-refractivity contribution in [2.45, 2.75) is 46.8 Å². The molecule has 0 aliphatic rings. The Hall–Kier alpha value is -1.81. The minimum Gasteiger partial charge on any atom is -0.481 e. The fourth-order valence-electron chi connectivity index (χ4n) is 2.63. The van der Waals surface area contributed by atoms with Gasteiger partial charge in [-0.1, -0.05) is 28.1 Å². The maximum absolute atomic E-state index is 12.4. The first kappa shape index (κ1) is 18.5. The summed E-state index contributed by atoms with van der Waals surface area (Å²) in [4.78, 5) is 12.4. The molecule has 0 aliphatic carbocycles. The Bertz CT molecular complexity index is 725. The van der Waals surface area contributed by atoms with Crippen molar-refractivity contribution >= 4 is 21.8 Å². The molecule has 0 aromatic heterocycles. The monoisotopic (exact) mass is 389 g/mol. The van der Waals surface area contributed by atoms with Crippen molar-refractivity contribution in [2.75, 3.05) is 0 Å². The molecule has 2 aromatic carbocycles. The number of carbonyl (C=O) groups excluding carboxylic acids is 1. The number of halogens is 1. The Kier molecular flexibility index (Phi) is 6.05. The Morgan fingerprint density at radius 2 is 1.58 bits per heavy atom. The predicted molar refractivity (Wildman–Crippen MR) is 101 cm³/mol. The van der Waals surface area contributed by atoms with E-state index in [2.05, 4.69) is 54.2 Å². The first-order chi connectivity index (χ1) is 11.3. The number of nitrogens with one attached hydrogen (secondary N) is 1. The zero-order chi connectivity index (χ0) is 17.9. The molecule has 2 aromatic rings. The SMILES string of the molecule is Cc1cc(C)c([C@H](C)NC(=O)[C@@H](C)Oc2ccc(Br)cc2)cc1C. The summed E-state index contributed by atoms with van der Waals surface area (Å²) in [7, 11) is 0. The van der Waals surface area contributed by atoms with Crippen LogP contribution in [-0.2, 0) is 4.79 Å². The number of rotatable bonds is 5. The minimum absolute atomic E-state index is 0.0623. The van der Waals surface area contributed by atoms with Crippen LogP contribution in [0.1, 0.15) is 42.1 Å². The molecule has 0 saturated heterocycles. The van der Waals surface area contributed by atoms with Crippen LogP contribution in [0.4, 0.5) is 0 Å². The summed E-state index contributed by atoms with van der Waals surface area (Å²) < 4.78 is 6.69. The predicted octanol–water partition coefficient (Wildman–Crippen LogP) is 5.02. The lowest BCUT2D eigenvalue weighted by molar-refractivity contribution is -0.127. The van der Waals surface area contributed by atoms with E-state index in [4.69, 9.17) is 4.74 Å². The van der Waals surface area contributed by atoms with Gasteiger partial charge in [0.15, 0.2) is 6.10 Å². The van der Waals surface area contributed by atoms with E-state index in [9.17, 15) is 4.79 Å². The van der Waals surface area contributed by atoms with Crippen LogP contribution in [-0.4, -0.2) is 12.0 Å². The Morgan fingerprint density at radius 1 is 1.00 bits per heavy atom. The molecule has 0 radical (unpaired) electrons. The van der Waals surface area contributed by atoms with Crippen molar-refractivity contribution in [3.63, 3.8) is 0 Å². The van der Waals surface area contributed by atoms with Crippen LogP contribution in [0.2, 0.25) is 0 Å². The molecular weight excluding hydrogens is 366 g/mol. The van der Waals surface area contributed by atoms with Gasteiger partial charge in [-0.2, -0.15) is 0 Å². The molecule has 0 bridgehead atoms. The quantitative estimate of drug-likeness (QED) is 0.779. The number of ether oxygens (including phenoxy) is 1. The molecule has 128 valence electrons. The molecule has 0 aliphatic heterocycles. The van der Waals surface area contributed by atoms with Crippen molar-refractivity contribution < 1.29 is 9.53 Å². The highest BCUT2D eigenvalue weighted by Crippen LogP contribution is 2.22. The van der Waals surface area contributed by atoms with Crippen molar-refractivity contribution in [3.8, 4) is 5.75 Å². The number of amides is 1. The minimum atomic E-state index is -0.555. The van der Waals surface area contributed by atoms with Crippen LogP contribution in [0, 0.1) is 20.8 Å². The van der Waals surface area contributed by atoms with Gasteiger partial charge < -0.3 is 10.1 Å². The summed E-state index contributed by atoms with van der Waals surface area (Å²) in [6, 6.07) is 11.7. The maximum atomic E-state index is 12.4. The summed E-state index contributed by atoms with van der Waals surface area (Å²) in [5, 5.41) is 3.04. The fourth-order valence-corrected chi connectivity index (χ4v) is 2.89. The van der Waals surface area contributed by atoms with E-state index in [-0.39, 0.29) is 11.9 Å². The second-order valence-electron chi connectivity index (χ2n) is 6.24. The average molecular weight is 390 g/mol. The van der Waals surface area contributed by atoms with Crippen LogP contribution < -0.4 is 10.1 Å². The van der Waals surface area contributed by atoms with Gasteiger partial charge in [-0.3, -0.25) is 4.79 Å². The Balaban J connectivity index is 2.03. The fraction of sp³-hybridized carbons (Fsp3) is 0.350. The highest BCUT2D eigenvalue weighted by molar-refractivity contribution is 9.10. The molecule has 2 rings (SSSR count). The van der Waals surface area contributed by atoms with Crippen molar-refractivity contribution in [3.05, 3.63) is 63.1 Å². The third-order valence-corrected chi connectivity index (χ3v) is 4.73. The van der Waals surface area contributed by atoms with Gasteiger partial charge in [-0.05, 0) is 81.1 Å². The zero-order valence-electron chi connectivity index (χ0n) is 14.8. The molecule has 0 fully saturated rings. The largest absolute Gasteiger partial charge is 0.481 e. The summed E-state index contributed by atoms with van der Waals surface area (Å²) in [6.45, 7) is 10.0. The van der Waals surface area contributed by atoms with E-state index in [1.54, 1.807) is 6.92 Å². The van der Waals surface area contributed by atoms with Crippen molar-refractivity contribution in [2.24, 2.45) is 0 Å². The zero-order valence-corrected chi connectivity index (χ0v) is 16.4. The third kappa shape index (κ3) is 4.60. The van der Waals surface area contributed by atoms with E-state index >= 15 is 0 Å². The third-order valence-electron chi connectivity index (χ3n) is 4.20. The first-order valence-corrected chi connectivity index (χ1v) is 8.87. The molecule has 3 nitrogen and oxygen atoms in total. The van der Waals surface area contributed by atoms with E-state index in [1.807, 2.05) is 31.2 Å². The summed E-state index contributed by atoms with van der Waals surface area (Å²) in [5.41, 5.74) is 4.83.